The molecule has 0 saturated heterocycles. The summed E-state index contributed by atoms with van der Waals surface area (Å²) in [6, 6.07) is 10.7. The minimum atomic E-state index is 0.560. The summed E-state index contributed by atoms with van der Waals surface area (Å²) in [5.41, 5.74) is 3.04. The van der Waals surface area contributed by atoms with E-state index in [1.807, 2.05) is 18.2 Å². The molecule has 1 aromatic carbocycles. The van der Waals surface area contributed by atoms with Gasteiger partial charge in [-0.2, -0.15) is 15.4 Å². The Labute approximate surface area is 114 Å². The van der Waals surface area contributed by atoms with Crippen LogP contribution in [0.5, 0.6) is 0 Å². The van der Waals surface area contributed by atoms with Crippen molar-refractivity contribution in [2.75, 3.05) is 0 Å². The van der Waals surface area contributed by atoms with Crippen LogP contribution in [-0.4, -0.2) is 21.5 Å². The molecule has 4 heteroatoms. The van der Waals surface area contributed by atoms with Crippen molar-refractivity contribution in [3.8, 4) is 11.3 Å². The number of aromatic nitrogens is 3. The average molecular weight is 258 g/mol. The second-order valence-electron chi connectivity index (χ2n) is 4.76. The van der Waals surface area contributed by atoms with Crippen LogP contribution >= 0.6 is 0 Å². The molecule has 0 saturated carbocycles. The van der Waals surface area contributed by atoms with Crippen molar-refractivity contribution in [1.29, 1.82) is 0 Å². The molecule has 1 atom stereocenters. The molecular weight excluding hydrogens is 236 g/mol. The summed E-state index contributed by atoms with van der Waals surface area (Å²) in [6.45, 7) is 5.20. The topological polar surface area (TPSA) is 53.6 Å². The third-order valence-corrected chi connectivity index (χ3v) is 3.36. The number of H-pyrrole nitrogens is 1. The molecule has 4 nitrogen and oxygen atoms in total. The number of benzene rings is 1. The standard InChI is InChI=1S/C15H22N4/c1-3-8-13(4-2)16-11-14-15(18-19-17-14)12-9-6-5-7-10-12/h5-7,9-10,13,16H,3-4,8,11H2,1-2H3,(H,17,18,19). The Bertz CT molecular complexity index is 478. The number of rotatable bonds is 7. The van der Waals surface area contributed by atoms with Crippen molar-refractivity contribution in [3.05, 3.63) is 36.0 Å². The van der Waals surface area contributed by atoms with E-state index in [0.717, 1.165) is 29.9 Å². The highest BCUT2D eigenvalue weighted by Gasteiger charge is 2.11. The first kappa shape index (κ1) is 13.7. The van der Waals surface area contributed by atoms with Crippen molar-refractivity contribution in [1.82, 2.24) is 20.7 Å². The first-order chi connectivity index (χ1) is 9.35. The van der Waals surface area contributed by atoms with Gasteiger partial charge in [-0.3, -0.25) is 0 Å². The van der Waals surface area contributed by atoms with Gasteiger partial charge in [0.15, 0.2) is 0 Å². The van der Waals surface area contributed by atoms with Gasteiger partial charge in [-0.15, -0.1) is 0 Å². The monoisotopic (exact) mass is 258 g/mol. The fourth-order valence-electron chi connectivity index (χ4n) is 2.24. The number of hydrogen-bond donors (Lipinski definition) is 2. The average Bonchev–Trinajstić information content (AvgIpc) is 2.93. The van der Waals surface area contributed by atoms with Gasteiger partial charge in [0.05, 0.1) is 0 Å². The van der Waals surface area contributed by atoms with E-state index in [-0.39, 0.29) is 0 Å². The summed E-state index contributed by atoms with van der Waals surface area (Å²) in [4.78, 5) is 0. The predicted molar refractivity (Wildman–Crippen MR) is 77.6 cm³/mol. The van der Waals surface area contributed by atoms with E-state index in [4.69, 9.17) is 0 Å². The van der Waals surface area contributed by atoms with Crippen LogP contribution in [0.15, 0.2) is 30.3 Å². The highest BCUT2D eigenvalue weighted by atomic mass is 15.3. The van der Waals surface area contributed by atoms with Crippen molar-refractivity contribution in [2.45, 2.75) is 45.7 Å². The summed E-state index contributed by atoms with van der Waals surface area (Å²) in [7, 11) is 0. The van der Waals surface area contributed by atoms with Gasteiger partial charge >= 0.3 is 0 Å². The summed E-state index contributed by atoms with van der Waals surface area (Å²) in [5.74, 6) is 0. The lowest BCUT2D eigenvalue weighted by atomic mass is 10.1. The molecule has 0 aliphatic heterocycles. The van der Waals surface area contributed by atoms with Crippen LogP contribution in [0.2, 0.25) is 0 Å². The predicted octanol–water partition coefficient (Wildman–Crippen LogP) is 3.14. The van der Waals surface area contributed by atoms with Crippen LogP contribution < -0.4 is 5.32 Å². The molecule has 2 aromatic rings. The minimum Gasteiger partial charge on any atom is -0.308 e. The molecule has 0 fully saturated rings. The second-order valence-corrected chi connectivity index (χ2v) is 4.76. The lowest BCUT2D eigenvalue weighted by molar-refractivity contribution is 0.459. The first-order valence-corrected chi connectivity index (χ1v) is 7.03. The van der Waals surface area contributed by atoms with Crippen LogP contribution in [0.25, 0.3) is 11.3 Å². The Morgan fingerprint density at radius 3 is 2.63 bits per heavy atom. The van der Waals surface area contributed by atoms with E-state index in [1.165, 1.54) is 12.8 Å². The molecule has 0 amide bonds. The van der Waals surface area contributed by atoms with Gasteiger partial charge in [-0.1, -0.05) is 50.6 Å². The van der Waals surface area contributed by atoms with Gasteiger partial charge in [0.2, 0.25) is 0 Å². The van der Waals surface area contributed by atoms with E-state index in [9.17, 15) is 0 Å². The van der Waals surface area contributed by atoms with Gasteiger partial charge in [0.1, 0.15) is 11.4 Å². The summed E-state index contributed by atoms with van der Waals surface area (Å²) in [5, 5.41) is 14.8. The largest absolute Gasteiger partial charge is 0.308 e. The molecule has 0 aliphatic rings. The Kier molecular flexibility index (Phi) is 5.10. The van der Waals surface area contributed by atoms with Crippen molar-refractivity contribution < 1.29 is 0 Å². The molecule has 2 N–H and O–H groups in total. The maximum Gasteiger partial charge on any atom is 0.117 e. The molecular formula is C15H22N4. The molecule has 19 heavy (non-hydrogen) atoms. The molecule has 102 valence electrons. The van der Waals surface area contributed by atoms with Crippen molar-refractivity contribution >= 4 is 0 Å². The smallest absolute Gasteiger partial charge is 0.117 e. The van der Waals surface area contributed by atoms with Crippen molar-refractivity contribution in [2.24, 2.45) is 0 Å². The van der Waals surface area contributed by atoms with Crippen LogP contribution in [0.1, 0.15) is 38.8 Å². The molecule has 1 heterocycles. The SMILES string of the molecule is CCCC(CC)NCc1n[nH]nc1-c1ccccc1. The Balaban J connectivity index is 2.04. The highest BCUT2D eigenvalue weighted by Crippen LogP contribution is 2.19. The lowest BCUT2D eigenvalue weighted by Crippen LogP contribution is -2.28. The number of nitrogens with zero attached hydrogens (tertiary/aromatic N) is 2. The maximum atomic E-state index is 4.26. The van der Waals surface area contributed by atoms with Crippen molar-refractivity contribution in [3.63, 3.8) is 0 Å². The molecule has 2 rings (SSSR count). The number of aromatic amines is 1. The fourth-order valence-corrected chi connectivity index (χ4v) is 2.24. The molecule has 1 aromatic heterocycles. The van der Waals surface area contributed by atoms with Crippen LogP contribution in [0, 0.1) is 0 Å². The Morgan fingerprint density at radius 1 is 1.16 bits per heavy atom. The van der Waals surface area contributed by atoms with E-state index < -0.39 is 0 Å². The van der Waals surface area contributed by atoms with Crippen LogP contribution in [0.4, 0.5) is 0 Å². The number of nitrogens with one attached hydrogen (secondary N) is 2. The van der Waals surface area contributed by atoms with E-state index >= 15 is 0 Å². The van der Waals surface area contributed by atoms with E-state index in [1.54, 1.807) is 0 Å². The Hall–Kier alpha value is -1.68. The molecule has 0 bridgehead atoms. The zero-order valence-electron chi connectivity index (χ0n) is 11.7. The van der Waals surface area contributed by atoms with Crippen LogP contribution in [0.3, 0.4) is 0 Å². The Morgan fingerprint density at radius 2 is 1.95 bits per heavy atom. The molecule has 0 radical (unpaired) electrons. The number of hydrogen-bond acceptors (Lipinski definition) is 3. The fraction of sp³-hybridized carbons (Fsp3) is 0.467. The summed E-state index contributed by atoms with van der Waals surface area (Å²) in [6.07, 6.45) is 3.55. The quantitative estimate of drug-likeness (QED) is 0.802. The zero-order valence-corrected chi connectivity index (χ0v) is 11.7. The van der Waals surface area contributed by atoms with Gasteiger partial charge in [0.25, 0.3) is 0 Å². The van der Waals surface area contributed by atoms with E-state index in [2.05, 4.69) is 46.7 Å². The summed E-state index contributed by atoms with van der Waals surface area (Å²) < 4.78 is 0. The normalized spacial score (nSPS) is 12.5. The molecule has 1 unspecified atom stereocenters. The lowest BCUT2D eigenvalue weighted by Gasteiger charge is -2.15. The highest BCUT2D eigenvalue weighted by molar-refractivity contribution is 5.60. The second kappa shape index (κ2) is 7.04. The van der Waals surface area contributed by atoms with Gasteiger partial charge < -0.3 is 5.32 Å². The third-order valence-electron chi connectivity index (χ3n) is 3.36. The molecule has 0 aliphatic carbocycles. The maximum absolute atomic E-state index is 4.26. The first-order valence-electron chi connectivity index (χ1n) is 7.03. The minimum absolute atomic E-state index is 0.560. The molecule has 0 spiro atoms. The van der Waals surface area contributed by atoms with Gasteiger partial charge in [-0.25, -0.2) is 0 Å². The van der Waals surface area contributed by atoms with Crippen LogP contribution in [-0.2, 0) is 6.54 Å². The third kappa shape index (κ3) is 3.64. The van der Waals surface area contributed by atoms with Gasteiger partial charge in [0, 0.05) is 18.2 Å². The van der Waals surface area contributed by atoms with E-state index in [0.29, 0.717) is 6.04 Å². The zero-order chi connectivity index (χ0) is 13.5. The van der Waals surface area contributed by atoms with Gasteiger partial charge in [-0.05, 0) is 12.8 Å². The summed E-state index contributed by atoms with van der Waals surface area (Å²) >= 11 is 0.